The minimum absolute atomic E-state index is 0.124. The van der Waals surface area contributed by atoms with Gasteiger partial charge in [0.25, 0.3) is 0 Å². The van der Waals surface area contributed by atoms with E-state index in [4.69, 9.17) is 10.5 Å². The molecule has 0 radical (unpaired) electrons. The number of ether oxygens (including phenoxy) is 1. The lowest BCUT2D eigenvalue weighted by molar-refractivity contribution is -0.0796. The average molecular weight is 238 g/mol. The molecule has 2 rings (SSSR count). The quantitative estimate of drug-likeness (QED) is 0.838. The normalized spacial score (nSPS) is 26.6. The van der Waals surface area contributed by atoms with Gasteiger partial charge in [0.05, 0.1) is 17.5 Å². The number of nitrogens with one attached hydrogen (secondary N) is 1. The Bertz CT molecular complexity index is 424. The first-order valence-corrected chi connectivity index (χ1v) is 5.96. The van der Waals surface area contributed by atoms with Crippen LogP contribution in [0.5, 0.6) is 0 Å². The molecule has 0 saturated heterocycles. The summed E-state index contributed by atoms with van der Waals surface area (Å²) in [7, 11) is 3.68. The number of anilines is 2. The molecule has 0 bridgehead atoms. The van der Waals surface area contributed by atoms with Crippen molar-refractivity contribution < 1.29 is 4.74 Å². The number of aryl methyl sites for hydroxylation is 2. The van der Waals surface area contributed by atoms with Gasteiger partial charge in [-0.1, -0.05) is 13.8 Å². The number of hydrogen-bond donors (Lipinski definition) is 2. The summed E-state index contributed by atoms with van der Waals surface area (Å²) in [5.41, 5.74) is 7.74. The SMILES string of the molecule is COC1CC(Nc2c(N)c(C)nn2C)C1(C)C. The fourth-order valence-electron chi connectivity index (χ4n) is 2.54. The first kappa shape index (κ1) is 12.2. The van der Waals surface area contributed by atoms with Gasteiger partial charge in [-0.25, -0.2) is 0 Å². The number of nitrogens with two attached hydrogens (primary N) is 1. The number of aromatic nitrogens is 2. The topological polar surface area (TPSA) is 65.1 Å². The summed E-state index contributed by atoms with van der Waals surface area (Å²) in [4.78, 5) is 0. The minimum Gasteiger partial charge on any atom is -0.394 e. The van der Waals surface area contributed by atoms with E-state index in [0.29, 0.717) is 12.1 Å². The maximum Gasteiger partial charge on any atom is 0.148 e. The highest BCUT2D eigenvalue weighted by Gasteiger charge is 2.49. The van der Waals surface area contributed by atoms with E-state index in [2.05, 4.69) is 24.3 Å². The van der Waals surface area contributed by atoms with Gasteiger partial charge < -0.3 is 15.8 Å². The van der Waals surface area contributed by atoms with E-state index >= 15 is 0 Å². The first-order chi connectivity index (χ1) is 7.87. The van der Waals surface area contributed by atoms with Crippen LogP contribution in [0.1, 0.15) is 26.0 Å². The van der Waals surface area contributed by atoms with Gasteiger partial charge in [-0.3, -0.25) is 4.68 Å². The number of nitrogens with zero attached hydrogens (tertiary/aromatic N) is 2. The van der Waals surface area contributed by atoms with Crippen LogP contribution in [0.2, 0.25) is 0 Å². The predicted molar refractivity (Wildman–Crippen MR) is 69.0 cm³/mol. The highest BCUT2D eigenvalue weighted by atomic mass is 16.5. The van der Waals surface area contributed by atoms with E-state index in [1.165, 1.54) is 0 Å². The van der Waals surface area contributed by atoms with Crippen LogP contribution in [0.4, 0.5) is 11.5 Å². The third-order valence-electron chi connectivity index (χ3n) is 4.04. The zero-order chi connectivity index (χ0) is 12.8. The second-order valence-electron chi connectivity index (χ2n) is 5.45. The molecule has 2 unspecified atom stereocenters. The lowest BCUT2D eigenvalue weighted by Gasteiger charge is -2.51. The van der Waals surface area contributed by atoms with Gasteiger partial charge >= 0.3 is 0 Å². The molecule has 0 spiro atoms. The Labute approximate surface area is 102 Å². The molecule has 5 heteroatoms. The van der Waals surface area contributed by atoms with Crippen LogP contribution in [-0.4, -0.2) is 29.0 Å². The molecule has 3 N–H and O–H groups in total. The van der Waals surface area contributed by atoms with Crippen LogP contribution in [0, 0.1) is 12.3 Å². The third kappa shape index (κ3) is 1.78. The molecule has 1 heterocycles. The van der Waals surface area contributed by atoms with Crippen LogP contribution >= 0.6 is 0 Å². The molecule has 1 aliphatic carbocycles. The highest BCUT2D eigenvalue weighted by molar-refractivity contribution is 5.65. The van der Waals surface area contributed by atoms with Gasteiger partial charge in [0.2, 0.25) is 0 Å². The summed E-state index contributed by atoms with van der Waals surface area (Å²) in [6.45, 7) is 6.34. The summed E-state index contributed by atoms with van der Waals surface area (Å²) >= 11 is 0. The Morgan fingerprint density at radius 1 is 1.53 bits per heavy atom. The van der Waals surface area contributed by atoms with Crippen molar-refractivity contribution in [3.8, 4) is 0 Å². The van der Waals surface area contributed by atoms with Crippen LogP contribution in [0.3, 0.4) is 0 Å². The first-order valence-electron chi connectivity index (χ1n) is 5.96. The van der Waals surface area contributed by atoms with E-state index in [-0.39, 0.29) is 5.41 Å². The monoisotopic (exact) mass is 238 g/mol. The largest absolute Gasteiger partial charge is 0.394 e. The lowest BCUT2D eigenvalue weighted by atomic mass is 9.64. The van der Waals surface area contributed by atoms with Gasteiger partial charge in [-0.15, -0.1) is 0 Å². The molecule has 17 heavy (non-hydrogen) atoms. The minimum atomic E-state index is 0.124. The van der Waals surface area contributed by atoms with E-state index in [1.54, 1.807) is 11.8 Å². The van der Waals surface area contributed by atoms with E-state index in [1.807, 2.05) is 14.0 Å². The molecule has 1 aromatic heterocycles. The van der Waals surface area contributed by atoms with E-state index in [0.717, 1.165) is 23.6 Å². The molecule has 1 saturated carbocycles. The van der Waals surface area contributed by atoms with Crippen LogP contribution in [0.15, 0.2) is 0 Å². The summed E-state index contributed by atoms with van der Waals surface area (Å²) in [6.07, 6.45) is 1.32. The molecular weight excluding hydrogens is 216 g/mol. The Balaban J connectivity index is 2.13. The fourth-order valence-corrected chi connectivity index (χ4v) is 2.54. The highest BCUT2D eigenvalue weighted by Crippen LogP contribution is 2.44. The molecule has 0 aliphatic heterocycles. The summed E-state index contributed by atoms with van der Waals surface area (Å²) in [6, 6.07) is 0.379. The smallest absolute Gasteiger partial charge is 0.148 e. The Morgan fingerprint density at radius 2 is 2.18 bits per heavy atom. The van der Waals surface area contributed by atoms with Crippen molar-refractivity contribution in [3.05, 3.63) is 5.69 Å². The van der Waals surface area contributed by atoms with Crippen LogP contribution < -0.4 is 11.1 Å². The molecule has 1 aromatic rings. The average Bonchev–Trinajstić information content (AvgIpc) is 2.49. The Hall–Kier alpha value is -1.23. The Kier molecular flexibility index (Phi) is 2.81. The molecule has 5 nitrogen and oxygen atoms in total. The summed E-state index contributed by atoms with van der Waals surface area (Å²) in [5.74, 6) is 0.912. The number of hydrogen-bond acceptors (Lipinski definition) is 4. The van der Waals surface area contributed by atoms with Gasteiger partial charge in [-0.05, 0) is 13.3 Å². The van der Waals surface area contributed by atoms with Crippen LogP contribution in [0.25, 0.3) is 0 Å². The van der Waals surface area contributed by atoms with Crippen molar-refractivity contribution in [2.24, 2.45) is 12.5 Å². The maximum atomic E-state index is 6.01. The molecule has 96 valence electrons. The lowest BCUT2D eigenvalue weighted by Crippen LogP contribution is -2.57. The van der Waals surface area contributed by atoms with Crippen molar-refractivity contribution in [2.45, 2.75) is 39.3 Å². The second-order valence-corrected chi connectivity index (χ2v) is 5.45. The molecule has 0 amide bonds. The standard InChI is InChI=1S/C12H22N4O/c1-7-10(13)11(16(4)15-7)14-8-6-9(17-5)12(8,2)3/h8-9,14H,6,13H2,1-5H3. The summed E-state index contributed by atoms with van der Waals surface area (Å²) in [5, 5.41) is 7.79. The van der Waals surface area contributed by atoms with Gasteiger partial charge in [0.15, 0.2) is 0 Å². The van der Waals surface area contributed by atoms with Gasteiger partial charge in [-0.2, -0.15) is 5.10 Å². The van der Waals surface area contributed by atoms with Crippen molar-refractivity contribution in [1.29, 1.82) is 0 Å². The Morgan fingerprint density at radius 3 is 2.59 bits per heavy atom. The summed E-state index contributed by atoms with van der Waals surface area (Å²) < 4.78 is 7.25. The van der Waals surface area contributed by atoms with Gasteiger partial charge in [0.1, 0.15) is 5.82 Å². The zero-order valence-electron chi connectivity index (χ0n) is 11.2. The van der Waals surface area contributed by atoms with Crippen molar-refractivity contribution >= 4 is 11.5 Å². The van der Waals surface area contributed by atoms with Crippen molar-refractivity contribution in [3.63, 3.8) is 0 Å². The van der Waals surface area contributed by atoms with Gasteiger partial charge in [0, 0.05) is 25.6 Å². The van der Waals surface area contributed by atoms with Crippen LogP contribution in [-0.2, 0) is 11.8 Å². The fraction of sp³-hybridized carbons (Fsp3) is 0.750. The second kappa shape index (κ2) is 3.91. The van der Waals surface area contributed by atoms with Crippen molar-refractivity contribution in [2.75, 3.05) is 18.2 Å². The van der Waals surface area contributed by atoms with Crippen molar-refractivity contribution in [1.82, 2.24) is 9.78 Å². The molecule has 0 aromatic carbocycles. The maximum absolute atomic E-state index is 6.01. The zero-order valence-corrected chi connectivity index (χ0v) is 11.2. The van der Waals surface area contributed by atoms with E-state index < -0.39 is 0 Å². The molecule has 2 atom stereocenters. The predicted octanol–water partition coefficient (Wildman–Crippen LogP) is 1.54. The number of rotatable bonds is 3. The third-order valence-corrected chi connectivity index (χ3v) is 4.04. The number of methoxy groups -OCH3 is 1. The number of nitrogen functional groups attached to an aromatic ring is 1. The molecular formula is C12H22N4O. The molecule has 1 aliphatic rings. The molecule has 1 fully saturated rings. The van der Waals surface area contributed by atoms with E-state index in [9.17, 15) is 0 Å².